The van der Waals surface area contributed by atoms with Crippen LogP contribution in [0.3, 0.4) is 0 Å². The van der Waals surface area contributed by atoms with Crippen LogP contribution in [0.1, 0.15) is 11.1 Å². The summed E-state index contributed by atoms with van der Waals surface area (Å²) in [7, 11) is 0. The molecule has 0 aliphatic rings. The third kappa shape index (κ3) is 5.43. The second kappa shape index (κ2) is 13.3. The highest BCUT2D eigenvalue weighted by Crippen LogP contribution is 2.43. The molecule has 0 radical (unpaired) electrons. The van der Waals surface area contributed by atoms with Crippen LogP contribution in [0, 0.1) is 0 Å². The highest BCUT2D eigenvalue weighted by molar-refractivity contribution is 6.34. The van der Waals surface area contributed by atoms with Crippen molar-refractivity contribution < 1.29 is 4.42 Å². The number of furan rings is 1. The molecule has 11 rings (SSSR count). The standard InChI is InChI=1S/C52H34N4O/c1-53-51(35-18-9-4-10-19-35)55-52(38-30-44-40-21-12-11-20-39(40)41-22-13-23-47-49(41)50(44)48(31-38)57-47)54-32-56-45-26-24-36(33-14-5-2-6-15-33)28-42(45)43-29-37(25-27-46(43)56)34-16-7-3-8-17-34/h2-31H,1,32H2/b54-52-,55-51?. The molecule has 0 aliphatic heterocycles. The molecule has 0 bridgehead atoms. The van der Waals surface area contributed by atoms with Crippen molar-refractivity contribution in [2.24, 2.45) is 15.0 Å². The van der Waals surface area contributed by atoms with Crippen LogP contribution in [0.2, 0.25) is 0 Å². The van der Waals surface area contributed by atoms with E-state index in [9.17, 15) is 0 Å². The lowest BCUT2D eigenvalue weighted by atomic mass is 9.93. The summed E-state index contributed by atoms with van der Waals surface area (Å²) in [6, 6.07) is 63.7. The van der Waals surface area contributed by atoms with Gasteiger partial charge in [0.15, 0.2) is 11.7 Å². The summed E-state index contributed by atoms with van der Waals surface area (Å²) in [5, 5.41) is 9.23. The smallest absolute Gasteiger partial charge is 0.161 e. The summed E-state index contributed by atoms with van der Waals surface area (Å²) in [5.74, 6) is 1.04. The molecule has 0 saturated carbocycles. The van der Waals surface area contributed by atoms with Gasteiger partial charge >= 0.3 is 0 Å². The Hall–Kier alpha value is -7.63. The highest BCUT2D eigenvalue weighted by Gasteiger charge is 2.20. The lowest BCUT2D eigenvalue weighted by molar-refractivity contribution is 0.669. The molecule has 2 heterocycles. The van der Waals surface area contributed by atoms with Gasteiger partial charge < -0.3 is 8.98 Å². The molecule has 0 atom stereocenters. The lowest BCUT2D eigenvalue weighted by Crippen LogP contribution is -2.07. The van der Waals surface area contributed by atoms with E-state index in [0.717, 1.165) is 54.9 Å². The van der Waals surface area contributed by atoms with Gasteiger partial charge in [-0.3, -0.25) is 0 Å². The maximum atomic E-state index is 6.61. The normalized spacial score (nSPS) is 12.6. The molecule has 57 heavy (non-hydrogen) atoms. The van der Waals surface area contributed by atoms with Gasteiger partial charge in [0.05, 0.1) is 11.0 Å². The van der Waals surface area contributed by atoms with Crippen molar-refractivity contribution in [3.63, 3.8) is 0 Å². The number of hydrogen-bond donors (Lipinski definition) is 0. The van der Waals surface area contributed by atoms with E-state index in [-0.39, 0.29) is 0 Å². The highest BCUT2D eigenvalue weighted by atomic mass is 16.3. The fraction of sp³-hybridized carbons (Fsp3) is 0.0192. The largest absolute Gasteiger partial charge is 0.456 e. The predicted octanol–water partition coefficient (Wildman–Crippen LogP) is 13.3. The van der Waals surface area contributed by atoms with E-state index in [1.165, 1.54) is 43.8 Å². The van der Waals surface area contributed by atoms with Gasteiger partial charge in [0.1, 0.15) is 17.8 Å². The molecular weight excluding hydrogens is 697 g/mol. The molecule has 0 amide bonds. The van der Waals surface area contributed by atoms with Crippen molar-refractivity contribution in [2.75, 3.05) is 0 Å². The molecule has 0 spiro atoms. The molecule has 5 nitrogen and oxygen atoms in total. The Morgan fingerprint density at radius 3 is 1.63 bits per heavy atom. The maximum Gasteiger partial charge on any atom is 0.161 e. The van der Waals surface area contributed by atoms with Crippen LogP contribution >= 0.6 is 0 Å². The van der Waals surface area contributed by atoms with Gasteiger partial charge in [0.25, 0.3) is 0 Å². The summed E-state index contributed by atoms with van der Waals surface area (Å²) < 4.78 is 8.90. The number of amidine groups is 2. The Balaban J connectivity index is 1.14. The zero-order chi connectivity index (χ0) is 37.9. The molecule has 0 unspecified atom stereocenters. The van der Waals surface area contributed by atoms with Crippen LogP contribution in [0.4, 0.5) is 0 Å². The molecule has 5 heteroatoms. The van der Waals surface area contributed by atoms with Gasteiger partial charge in [-0.15, -0.1) is 0 Å². The minimum absolute atomic E-state index is 0.321. The zero-order valence-corrected chi connectivity index (χ0v) is 30.9. The number of aliphatic imine (C=N–C) groups is 3. The van der Waals surface area contributed by atoms with Crippen LogP contribution in [0.25, 0.3) is 87.5 Å². The van der Waals surface area contributed by atoms with E-state index in [4.69, 9.17) is 14.4 Å². The van der Waals surface area contributed by atoms with Crippen LogP contribution < -0.4 is 0 Å². The van der Waals surface area contributed by atoms with Crippen molar-refractivity contribution in [1.29, 1.82) is 0 Å². The number of nitrogens with zero attached hydrogens (tertiary/aromatic N) is 4. The van der Waals surface area contributed by atoms with Crippen molar-refractivity contribution in [3.05, 3.63) is 193 Å². The topological polar surface area (TPSA) is 55.1 Å². The third-order valence-corrected chi connectivity index (χ3v) is 11.2. The first kappa shape index (κ1) is 32.8. The van der Waals surface area contributed by atoms with Crippen LogP contribution in [0.5, 0.6) is 0 Å². The van der Waals surface area contributed by atoms with E-state index < -0.39 is 0 Å². The van der Waals surface area contributed by atoms with Gasteiger partial charge in [-0.1, -0.05) is 140 Å². The summed E-state index contributed by atoms with van der Waals surface area (Å²) in [6.45, 7) is 4.25. The molecule has 11 aromatic rings. The molecule has 9 aromatic carbocycles. The van der Waals surface area contributed by atoms with Crippen molar-refractivity contribution in [1.82, 2.24) is 4.57 Å². The molecule has 0 saturated heterocycles. The monoisotopic (exact) mass is 730 g/mol. The van der Waals surface area contributed by atoms with E-state index in [2.05, 4.69) is 162 Å². The van der Waals surface area contributed by atoms with E-state index in [1.54, 1.807) is 0 Å². The zero-order valence-electron chi connectivity index (χ0n) is 30.9. The summed E-state index contributed by atoms with van der Waals surface area (Å²) >= 11 is 0. The fourth-order valence-electron chi connectivity index (χ4n) is 8.55. The van der Waals surface area contributed by atoms with E-state index in [0.29, 0.717) is 18.3 Å². The van der Waals surface area contributed by atoms with E-state index >= 15 is 0 Å². The quantitative estimate of drug-likeness (QED) is 0.0954. The maximum absolute atomic E-state index is 6.61. The van der Waals surface area contributed by atoms with E-state index in [1.807, 2.05) is 36.4 Å². The van der Waals surface area contributed by atoms with Crippen molar-refractivity contribution in [3.8, 4) is 22.3 Å². The SMILES string of the molecule is C=NC(=N/C(=N\Cn1c2ccc(-c3ccccc3)cc2c2cc(-c3ccccc3)ccc21)c1cc2oc3cccc4c5ccccc5c(c1)c2c34)c1ccccc1. The number of fused-ring (bicyclic) bond motifs is 6. The minimum Gasteiger partial charge on any atom is -0.456 e. The first-order valence-corrected chi connectivity index (χ1v) is 19.1. The van der Waals surface area contributed by atoms with Crippen molar-refractivity contribution >= 4 is 83.7 Å². The average molecular weight is 731 g/mol. The molecule has 0 N–H and O–H groups in total. The Bertz CT molecular complexity index is 3280. The first-order valence-electron chi connectivity index (χ1n) is 19.1. The Kier molecular flexibility index (Phi) is 7.64. The Morgan fingerprint density at radius 1 is 0.439 bits per heavy atom. The molecule has 268 valence electrons. The van der Waals surface area contributed by atoms with Gasteiger partial charge in [0, 0.05) is 32.7 Å². The average Bonchev–Trinajstić information content (AvgIpc) is 3.82. The van der Waals surface area contributed by atoms with Gasteiger partial charge in [-0.25, -0.2) is 15.0 Å². The Morgan fingerprint density at radius 2 is 1.00 bits per heavy atom. The number of rotatable bonds is 6. The van der Waals surface area contributed by atoms with Gasteiger partial charge in [0.2, 0.25) is 0 Å². The molecule has 2 aromatic heterocycles. The predicted molar refractivity (Wildman–Crippen MR) is 239 cm³/mol. The second-order valence-electron chi connectivity index (χ2n) is 14.4. The number of hydrogen-bond acceptors (Lipinski definition) is 2. The fourth-order valence-corrected chi connectivity index (χ4v) is 8.55. The second-order valence-corrected chi connectivity index (χ2v) is 14.4. The lowest BCUT2D eigenvalue weighted by Gasteiger charge is -2.11. The van der Waals surface area contributed by atoms with Crippen LogP contribution in [-0.2, 0) is 6.67 Å². The van der Waals surface area contributed by atoms with Gasteiger partial charge in [-0.2, -0.15) is 0 Å². The third-order valence-electron chi connectivity index (χ3n) is 11.2. The summed E-state index contributed by atoms with van der Waals surface area (Å²) in [4.78, 5) is 15.0. The Labute approximate surface area is 328 Å². The number of aromatic nitrogens is 1. The van der Waals surface area contributed by atoms with Crippen LogP contribution in [-0.4, -0.2) is 23.0 Å². The first-order chi connectivity index (χ1) is 28.2. The van der Waals surface area contributed by atoms with Crippen LogP contribution in [0.15, 0.2) is 201 Å². The molecular formula is C52H34N4O. The molecule has 0 aliphatic carbocycles. The minimum atomic E-state index is 0.321. The summed E-state index contributed by atoms with van der Waals surface area (Å²) in [5.41, 5.74) is 10.2. The van der Waals surface area contributed by atoms with Gasteiger partial charge in [-0.05, 0) is 93.0 Å². The summed E-state index contributed by atoms with van der Waals surface area (Å²) in [6.07, 6.45) is 0. The van der Waals surface area contributed by atoms with Crippen molar-refractivity contribution in [2.45, 2.75) is 6.67 Å². The molecule has 0 fully saturated rings. The number of benzene rings is 9.